The molecule has 1 aliphatic rings. The van der Waals surface area contributed by atoms with Gasteiger partial charge in [-0.1, -0.05) is 6.07 Å². The van der Waals surface area contributed by atoms with E-state index in [2.05, 4.69) is 20.6 Å². The van der Waals surface area contributed by atoms with Crippen LogP contribution in [0.1, 0.15) is 12.8 Å². The first kappa shape index (κ1) is 27.7. The molecule has 6 rings (SSSR count). The van der Waals surface area contributed by atoms with Crippen LogP contribution >= 0.6 is 12.4 Å². The first-order chi connectivity index (χ1) is 19.4. The van der Waals surface area contributed by atoms with Crippen LogP contribution in [0.3, 0.4) is 0 Å². The molecular weight excluding hydrogens is 550 g/mol. The molecule has 1 fully saturated rings. The molecule has 3 aromatic carbocycles. The number of benzene rings is 3. The molecule has 0 aliphatic heterocycles. The van der Waals surface area contributed by atoms with Crippen LogP contribution in [-0.2, 0) is 9.59 Å². The second-order valence-electron chi connectivity index (χ2n) is 9.53. The fourth-order valence-electron chi connectivity index (χ4n) is 4.42. The Morgan fingerprint density at radius 1 is 0.732 bits per heavy atom. The molecule has 0 saturated heterocycles. The van der Waals surface area contributed by atoms with Gasteiger partial charge in [-0.25, -0.2) is 9.37 Å². The lowest BCUT2D eigenvalue weighted by Gasteiger charge is -2.16. The Hall–Kier alpha value is -4.89. The van der Waals surface area contributed by atoms with Gasteiger partial charge in [0.15, 0.2) is 0 Å². The van der Waals surface area contributed by atoms with Crippen LogP contribution in [0.25, 0.3) is 22.0 Å². The van der Waals surface area contributed by atoms with E-state index in [1.807, 2.05) is 18.2 Å². The number of amides is 2. The number of nitrogens with zero attached hydrogens (tertiary/aromatic N) is 2. The molecule has 1 aliphatic carbocycles. The monoisotopic (exact) mass is 572 g/mol. The Morgan fingerprint density at radius 3 is 1.98 bits per heavy atom. The molecule has 0 unspecified atom stereocenters. The van der Waals surface area contributed by atoms with E-state index >= 15 is 0 Å². The fraction of sp³-hybridized carbons (Fsp3) is 0.0968. The van der Waals surface area contributed by atoms with Crippen LogP contribution in [0.5, 0.6) is 11.5 Å². The third-order valence-electron chi connectivity index (χ3n) is 6.82. The van der Waals surface area contributed by atoms with E-state index in [4.69, 9.17) is 4.74 Å². The van der Waals surface area contributed by atoms with Crippen molar-refractivity contribution in [3.8, 4) is 22.6 Å². The third kappa shape index (κ3) is 5.85. The van der Waals surface area contributed by atoms with Crippen molar-refractivity contribution in [3.63, 3.8) is 0 Å². The first-order valence-electron chi connectivity index (χ1n) is 12.6. The van der Waals surface area contributed by atoms with Crippen LogP contribution in [0, 0.1) is 17.2 Å². The number of nitrogens with one attached hydrogen (secondary N) is 2. The maximum atomic E-state index is 13.6. The number of anilines is 2. The van der Waals surface area contributed by atoms with E-state index in [-0.39, 0.29) is 12.4 Å². The number of ether oxygens (including phenoxy) is 1. The third-order valence-corrected chi connectivity index (χ3v) is 6.82. The Labute approximate surface area is 240 Å². The minimum absolute atomic E-state index is 0. The second-order valence-corrected chi connectivity index (χ2v) is 9.53. The summed E-state index contributed by atoms with van der Waals surface area (Å²) in [6.07, 6.45) is 3.91. The summed E-state index contributed by atoms with van der Waals surface area (Å²) < 4.78 is 32.8. The van der Waals surface area contributed by atoms with Crippen LogP contribution in [-0.4, -0.2) is 21.8 Å². The standard InChI is InChI=1S/C31H22F2N4O3.ClH/c32-21-2-4-22(5-3-21)36-29(38)31(13-14-31)30(39)37-23-6-8-24(9-7-23)40-27-12-16-34-26-17-19(1-10-25(26)27)20-11-15-35-28(33)18-20;/h1-12,15-18H,13-14H2,(H,36,38)(H,37,39);1H. The number of aromatic nitrogens is 2. The van der Waals surface area contributed by atoms with Gasteiger partial charge in [0.05, 0.1) is 5.52 Å². The van der Waals surface area contributed by atoms with Crippen molar-refractivity contribution in [2.24, 2.45) is 5.41 Å². The zero-order chi connectivity index (χ0) is 27.7. The van der Waals surface area contributed by atoms with Gasteiger partial charge in [-0.3, -0.25) is 14.6 Å². The highest BCUT2D eigenvalue weighted by atomic mass is 35.5. The summed E-state index contributed by atoms with van der Waals surface area (Å²) in [6, 6.07) is 22.7. The molecular formula is C31H23ClF2N4O3. The zero-order valence-corrected chi connectivity index (χ0v) is 22.3. The number of hydrogen-bond acceptors (Lipinski definition) is 5. The Kier molecular flexibility index (Phi) is 7.63. The van der Waals surface area contributed by atoms with Crippen LogP contribution in [0.15, 0.2) is 97.3 Å². The van der Waals surface area contributed by atoms with Crippen molar-refractivity contribution >= 4 is 46.5 Å². The minimum Gasteiger partial charge on any atom is -0.457 e. The molecule has 2 amide bonds. The van der Waals surface area contributed by atoms with Gasteiger partial charge in [0.1, 0.15) is 22.7 Å². The number of halogens is 3. The number of carbonyl (C=O) groups excluding carboxylic acids is 2. The maximum absolute atomic E-state index is 13.6. The molecule has 2 N–H and O–H groups in total. The fourth-order valence-corrected chi connectivity index (χ4v) is 4.42. The topological polar surface area (TPSA) is 93.2 Å². The molecule has 1 saturated carbocycles. The SMILES string of the molecule is Cl.O=C(Nc1ccc(F)cc1)C1(C(=O)Nc2ccc(Oc3ccnc4cc(-c5ccnc(F)c5)ccc34)cc2)CC1. The summed E-state index contributed by atoms with van der Waals surface area (Å²) in [5, 5.41) is 6.28. The van der Waals surface area contributed by atoms with Gasteiger partial charge in [-0.2, -0.15) is 4.39 Å². The zero-order valence-electron chi connectivity index (χ0n) is 21.4. The lowest BCUT2D eigenvalue weighted by molar-refractivity contribution is -0.131. The van der Waals surface area contributed by atoms with Gasteiger partial charge in [0, 0.05) is 35.2 Å². The summed E-state index contributed by atoms with van der Waals surface area (Å²) >= 11 is 0. The number of rotatable bonds is 7. The van der Waals surface area contributed by atoms with E-state index in [0.717, 1.165) is 10.9 Å². The molecule has 0 radical (unpaired) electrons. The highest BCUT2D eigenvalue weighted by molar-refractivity contribution is 6.16. The Bertz CT molecular complexity index is 1740. The largest absolute Gasteiger partial charge is 0.457 e. The predicted molar refractivity (Wildman–Crippen MR) is 154 cm³/mol. The Balaban J connectivity index is 0.00000337. The highest BCUT2D eigenvalue weighted by Crippen LogP contribution is 2.47. The van der Waals surface area contributed by atoms with E-state index in [1.165, 1.54) is 36.5 Å². The second kappa shape index (κ2) is 11.3. The molecule has 2 aromatic heterocycles. The highest BCUT2D eigenvalue weighted by Gasteiger charge is 2.56. The average Bonchev–Trinajstić information content (AvgIpc) is 3.78. The molecule has 7 nitrogen and oxygen atoms in total. The molecule has 0 atom stereocenters. The quantitative estimate of drug-likeness (QED) is 0.160. The molecule has 41 heavy (non-hydrogen) atoms. The summed E-state index contributed by atoms with van der Waals surface area (Å²) in [6.45, 7) is 0. The smallest absolute Gasteiger partial charge is 0.240 e. The van der Waals surface area contributed by atoms with Gasteiger partial charge >= 0.3 is 0 Å². The van der Waals surface area contributed by atoms with Gasteiger partial charge < -0.3 is 15.4 Å². The van der Waals surface area contributed by atoms with Crippen LogP contribution in [0.2, 0.25) is 0 Å². The van der Waals surface area contributed by atoms with Crippen molar-refractivity contribution in [3.05, 3.63) is 109 Å². The molecule has 5 aromatic rings. The van der Waals surface area contributed by atoms with E-state index in [1.54, 1.807) is 42.6 Å². The lowest BCUT2D eigenvalue weighted by atomic mass is 10.0. The van der Waals surface area contributed by atoms with Gasteiger partial charge in [0.25, 0.3) is 0 Å². The van der Waals surface area contributed by atoms with E-state index in [9.17, 15) is 18.4 Å². The predicted octanol–water partition coefficient (Wildman–Crippen LogP) is 7.15. The van der Waals surface area contributed by atoms with E-state index < -0.39 is 29.0 Å². The first-order valence-corrected chi connectivity index (χ1v) is 12.6. The minimum atomic E-state index is -1.15. The summed E-state index contributed by atoms with van der Waals surface area (Å²) in [4.78, 5) is 33.8. The molecule has 10 heteroatoms. The molecule has 0 bridgehead atoms. The van der Waals surface area contributed by atoms with Gasteiger partial charge in [-0.15, -0.1) is 12.4 Å². The number of fused-ring (bicyclic) bond motifs is 1. The summed E-state index contributed by atoms with van der Waals surface area (Å²) in [5.74, 6) is -0.647. The van der Waals surface area contributed by atoms with Crippen molar-refractivity contribution < 1.29 is 23.1 Å². The van der Waals surface area contributed by atoms with Gasteiger partial charge in [0.2, 0.25) is 17.8 Å². The number of carbonyl (C=O) groups is 2. The molecule has 2 heterocycles. The lowest BCUT2D eigenvalue weighted by Crippen LogP contribution is -2.35. The number of pyridine rings is 2. The van der Waals surface area contributed by atoms with Crippen molar-refractivity contribution in [1.29, 1.82) is 0 Å². The number of hydrogen-bond donors (Lipinski definition) is 2. The van der Waals surface area contributed by atoms with Gasteiger partial charge in [-0.05, 0) is 96.8 Å². The van der Waals surface area contributed by atoms with Crippen LogP contribution < -0.4 is 15.4 Å². The summed E-state index contributed by atoms with van der Waals surface area (Å²) in [7, 11) is 0. The Morgan fingerprint density at radius 2 is 1.34 bits per heavy atom. The normalized spacial score (nSPS) is 13.1. The van der Waals surface area contributed by atoms with Crippen LogP contribution in [0.4, 0.5) is 20.2 Å². The van der Waals surface area contributed by atoms with Crippen molar-refractivity contribution in [2.75, 3.05) is 10.6 Å². The van der Waals surface area contributed by atoms with E-state index in [0.29, 0.717) is 46.8 Å². The summed E-state index contributed by atoms with van der Waals surface area (Å²) in [5.41, 5.74) is 1.98. The molecule has 206 valence electrons. The average molecular weight is 573 g/mol. The van der Waals surface area contributed by atoms with Crippen molar-refractivity contribution in [1.82, 2.24) is 9.97 Å². The van der Waals surface area contributed by atoms with Crippen molar-refractivity contribution in [2.45, 2.75) is 12.8 Å². The maximum Gasteiger partial charge on any atom is 0.240 e. The molecule has 0 spiro atoms.